The van der Waals surface area contributed by atoms with Crippen LogP contribution in [0.3, 0.4) is 0 Å². The Morgan fingerprint density at radius 1 is 1.21 bits per heavy atom. The lowest BCUT2D eigenvalue weighted by Gasteiger charge is -2.12. The number of benzene rings is 1. The van der Waals surface area contributed by atoms with Gasteiger partial charge in [-0.05, 0) is 55.7 Å². The van der Waals surface area contributed by atoms with Crippen LogP contribution in [0.15, 0.2) is 30.5 Å². The minimum atomic E-state index is -0.527. The number of pyridine rings is 1. The summed E-state index contributed by atoms with van der Waals surface area (Å²) in [4.78, 5) is 4.18. The summed E-state index contributed by atoms with van der Waals surface area (Å²) in [6.07, 6.45) is 1.08. The van der Waals surface area contributed by atoms with Gasteiger partial charge in [0.2, 0.25) is 5.88 Å². The van der Waals surface area contributed by atoms with Gasteiger partial charge in [0.1, 0.15) is 5.75 Å². The number of halogens is 1. The van der Waals surface area contributed by atoms with Crippen molar-refractivity contribution in [1.29, 1.82) is 0 Å². The zero-order valence-corrected chi connectivity index (χ0v) is 11.9. The maximum atomic E-state index is 9.43. The number of hydrogen-bond acceptors (Lipinski definition) is 3. The van der Waals surface area contributed by atoms with Gasteiger partial charge in [-0.1, -0.05) is 11.6 Å². The van der Waals surface area contributed by atoms with Crippen molar-refractivity contribution < 1.29 is 9.84 Å². The molecule has 0 aliphatic carbocycles. The second-order valence-electron chi connectivity index (χ2n) is 4.58. The van der Waals surface area contributed by atoms with Gasteiger partial charge in [-0.3, -0.25) is 0 Å². The fourth-order valence-corrected chi connectivity index (χ4v) is 2.19. The highest BCUT2D eigenvalue weighted by Crippen LogP contribution is 2.30. The fraction of sp³-hybridized carbons (Fsp3) is 0.267. The summed E-state index contributed by atoms with van der Waals surface area (Å²) >= 11 is 5.98. The molecule has 0 saturated heterocycles. The normalized spacial score (nSPS) is 12.3. The van der Waals surface area contributed by atoms with Crippen LogP contribution in [-0.2, 0) is 0 Å². The first-order chi connectivity index (χ1) is 8.97. The second-order valence-corrected chi connectivity index (χ2v) is 5.01. The third-order valence-corrected chi connectivity index (χ3v) is 3.09. The zero-order valence-electron chi connectivity index (χ0n) is 11.1. The summed E-state index contributed by atoms with van der Waals surface area (Å²) < 4.78 is 5.78. The molecule has 0 radical (unpaired) electrons. The smallest absolute Gasteiger partial charge is 0.219 e. The van der Waals surface area contributed by atoms with Crippen LogP contribution in [0.1, 0.15) is 29.7 Å². The van der Waals surface area contributed by atoms with E-state index in [4.69, 9.17) is 16.3 Å². The lowest BCUT2D eigenvalue weighted by molar-refractivity contribution is 0.198. The molecule has 2 rings (SSSR count). The van der Waals surface area contributed by atoms with Gasteiger partial charge in [-0.25, -0.2) is 4.98 Å². The summed E-state index contributed by atoms with van der Waals surface area (Å²) in [6.45, 7) is 5.59. The highest BCUT2D eigenvalue weighted by atomic mass is 35.5. The van der Waals surface area contributed by atoms with E-state index in [1.165, 1.54) is 0 Å². The number of ether oxygens (including phenoxy) is 1. The predicted molar refractivity (Wildman–Crippen MR) is 75.9 cm³/mol. The molecule has 1 atom stereocenters. The number of aryl methyl sites for hydroxylation is 2. The van der Waals surface area contributed by atoms with E-state index in [1.807, 2.05) is 26.0 Å². The van der Waals surface area contributed by atoms with Gasteiger partial charge in [-0.2, -0.15) is 0 Å². The molecule has 2 aromatic rings. The Kier molecular flexibility index (Phi) is 4.08. The number of aliphatic hydroxyl groups is 1. The number of rotatable bonds is 3. The predicted octanol–water partition coefficient (Wildman–Crippen LogP) is 4.20. The molecular formula is C15H16ClNO2. The summed E-state index contributed by atoms with van der Waals surface area (Å²) in [5.74, 6) is 1.26. The van der Waals surface area contributed by atoms with E-state index in [-0.39, 0.29) is 0 Å². The average Bonchev–Trinajstić information content (AvgIpc) is 2.34. The van der Waals surface area contributed by atoms with Crippen molar-refractivity contribution in [2.24, 2.45) is 0 Å². The highest BCUT2D eigenvalue weighted by molar-refractivity contribution is 6.30. The van der Waals surface area contributed by atoms with Crippen LogP contribution < -0.4 is 4.74 Å². The second kappa shape index (κ2) is 5.59. The Bertz CT molecular complexity index is 556. The molecule has 0 saturated carbocycles. The van der Waals surface area contributed by atoms with Crippen LogP contribution in [-0.4, -0.2) is 10.1 Å². The monoisotopic (exact) mass is 277 g/mol. The minimum Gasteiger partial charge on any atom is -0.438 e. The van der Waals surface area contributed by atoms with E-state index in [0.717, 1.165) is 22.4 Å². The number of hydrogen-bond donors (Lipinski definition) is 1. The van der Waals surface area contributed by atoms with E-state index in [1.54, 1.807) is 25.3 Å². The topological polar surface area (TPSA) is 42.4 Å². The Hall–Kier alpha value is -1.58. The first-order valence-electron chi connectivity index (χ1n) is 6.06. The fourth-order valence-electron chi connectivity index (χ4n) is 1.86. The molecule has 1 heterocycles. The molecule has 3 nitrogen and oxygen atoms in total. The van der Waals surface area contributed by atoms with Gasteiger partial charge in [0.15, 0.2) is 0 Å². The third-order valence-electron chi connectivity index (χ3n) is 2.87. The highest BCUT2D eigenvalue weighted by Gasteiger charge is 2.08. The quantitative estimate of drug-likeness (QED) is 0.914. The average molecular weight is 278 g/mol. The Labute approximate surface area is 117 Å². The number of aliphatic hydroxyl groups excluding tert-OH is 1. The van der Waals surface area contributed by atoms with Gasteiger partial charge >= 0.3 is 0 Å². The van der Waals surface area contributed by atoms with E-state index in [0.29, 0.717) is 10.9 Å². The van der Waals surface area contributed by atoms with E-state index >= 15 is 0 Å². The first kappa shape index (κ1) is 13.8. The molecule has 19 heavy (non-hydrogen) atoms. The van der Waals surface area contributed by atoms with Crippen molar-refractivity contribution in [3.05, 3.63) is 52.2 Å². The van der Waals surface area contributed by atoms with E-state index in [9.17, 15) is 5.11 Å². The SMILES string of the molecule is Cc1cc(Cl)cc(C)c1Oc1ccc(C(C)O)cn1. The maximum absolute atomic E-state index is 9.43. The summed E-state index contributed by atoms with van der Waals surface area (Å²) in [7, 11) is 0. The van der Waals surface area contributed by atoms with Crippen molar-refractivity contribution in [2.75, 3.05) is 0 Å². The maximum Gasteiger partial charge on any atom is 0.219 e. The first-order valence-corrected chi connectivity index (χ1v) is 6.44. The Balaban J connectivity index is 2.26. The van der Waals surface area contributed by atoms with Crippen LogP contribution in [0.25, 0.3) is 0 Å². The van der Waals surface area contributed by atoms with Crippen molar-refractivity contribution in [2.45, 2.75) is 26.9 Å². The molecule has 0 fully saturated rings. The standard InChI is InChI=1S/C15H16ClNO2/c1-9-6-13(16)7-10(2)15(9)19-14-5-4-12(8-17-14)11(3)18/h4-8,11,18H,1-3H3. The lowest BCUT2D eigenvalue weighted by Crippen LogP contribution is -1.96. The van der Waals surface area contributed by atoms with Crippen LogP contribution >= 0.6 is 11.6 Å². The molecule has 4 heteroatoms. The minimum absolute atomic E-state index is 0.498. The lowest BCUT2D eigenvalue weighted by atomic mass is 10.1. The summed E-state index contributed by atoms with van der Waals surface area (Å²) in [6, 6.07) is 7.26. The molecule has 0 aliphatic rings. The molecular weight excluding hydrogens is 262 g/mol. The summed E-state index contributed by atoms with van der Waals surface area (Å²) in [5, 5.41) is 10.1. The molecule has 1 aromatic heterocycles. The molecule has 1 aromatic carbocycles. The van der Waals surface area contributed by atoms with Crippen molar-refractivity contribution in [3.63, 3.8) is 0 Å². The molecule has 100 valence electrons. The molecule has 0 aliphatic heterocycles. The van der Waals surface area contributed by atoms with Crippen molar-refractivity contribution in [1.82, 2.24) is 4.98 Å². The van der Waals surface area contributed by atoms with Gasteiger partial charge in [0.05, 0.1) is 6.10 Å². The molecule has 1 N–H and O–H groups in total. The zero-order chi connectivity index (χ0) is 14.0. The number of aromatic nitrogens is 1. The molecule has 0 bridgehead atoms. The molecule has 0 spiro atoms. The largest absolute Gasteiger partial charge is 0.438 e. The van der Waals surface area contributed by atoms with Crippen LogP contribution in [0.2, 0.25) is 5.02 Å². The van der Waals surface area contributed by atoms with Gasteiger partial charge in [-0.15, -0.1) is 0 Å². The van der Waals surface area contributed by atoms with E-state index in [2.05, 4.69) is 4.98 Å². The van der Waals surface area contributed by atoms with Crippen molar-refractivity contribution >= 4 is 11.6 Å². The Morgan fingerprint density at radius 3 is 2.32 bits per heavy atom. The number of nitrogens with zero attached hydrogens (tertiary/aromatic N) is 1. The molecule has 0 amide bonds. The third kappa shape index (κ3) is 3.25. The van der Waals surface area contributed by atoms with Crippen molar-refractivity contribution in [3.8, 4) is 11.6 Å². The van der Waals surface area contributed by atoms with Crippen LogP contribution in [0, 0.1) is 13.8 Å². The van der Waals surface area contributed by atoms with Gasteiger partial charge in [0.25, 0.3) is 0 Å². The van der Waals surface area contributed by atoms with Gasteiger partial charge < -0.3 is 9.84 Å². The van der Waals surface area contributed by atoms with Gasteiger partial charge in [0, 0.05) is 17.3 Å². The van der Waals surface area contributed by atoms with Crippen LogP contribution in [0.4, 0.5) is 0 Å². The van der Waals surface area contributed by atoms with Crippen LogP contribution in [0.5, 0.6) is 11.6 Å². The molecule has 1 unspecified atom stereocenters. The summed E-state index contributed by atoms with van der Waals surface area (Å²) in [5.41, 5.74) is 2.69. The van der Waals surface area contributed by atoms with E-state index < -0.39 is 6.10 Å². The Morgan fingerprint density at radius 2 is 1.84 bits per heavy atom.